The predicted octanol–water partition coefficient (Wildman–Crippen LogP) is -2.58. The second kappa shape index (κ2) is 6.16. The molecule has 1 aliphatic rings. The maximum Gasteiger partial charge on any atom is 0.694 e. The van der Waals surface area contributed by atoms with Crippen LogP contribution in [-0.2, 0) is 20.9 Å². The third kappa shape index (κ3) is 2.79. The largest absolute Gasteiger partial charge is 0.694 e. The Morgan fingerprint density at radius 1 is 1.54 bits per heavy atom. The maximum atomic E-state index is 12.0. The molecule has 2 aromatic heterocycles. The zero-order valence-electron chi connectivity index (χ0n) is 12.4. The van der Waals surface area contributed by atoms with Crippen LogP contribution in [0.3, 0.4) is 0 Å². The van der Waals surface area contributed by atoms with Gasteiger partial charge < -0.3 is 20.7 Å². The number of nitrogens with two attached hydrogens (primary N) is 1. The Balaban J connectivity index is 1.99. The third-order valence-corrected chi connectivity index (χ3v) is 4.12. The predicted molar refractivity (Wildman–Crippen MR) is 77.6 cm³/mol. The van der Waals surface area contributed by atoms with Crippen molar-refractivity contribution in [3.8, 4) is 0 Å². The minimum Gasteiger partial charge on any atom is -0.387 e. The van der Waals surface area contributed by atoms with Gasteiger partial charge in [-0.2, -0.15) is 0 Å². The molecular formula is C11H16N5O7P+2. The summed E-state index contributed by atoms with van der Waals surface area (Å²) in [6.45, 7) is -0.387. The monoisotopic (exact) mass is 361 g/mol. The Morgan fingerprint density at radius 2 is 2.25 bits per heavy atom. The van der Waals surface area contributed by atoms with Crippen molar-refractivity contribution < 1.29 is 33.5 Å². The molecule has 0 spiro atoms. The first-order chi connectivity index (χ1) is 11.3. The summed E-state index contributed by atoms with van der Waals surface area (Å²) < 4.78 is 23.5. The number of imidazole rings is 1. The molecule has 3 rings (SSSR count). The zero-order valence-corrected chi connectivity index (χ0v) is 13.3. The minimum absolute atomic E-state index is 0.113. The highest BCUT2D eigenvalue weighted by atomic mass is 31.1. The van der Waals surface area contributed by atoms with Crippen LogP contribution >= 0.6 is 8.25 Å². The van der Waals surface area contributed by atoms with E-state index in [0.717, 1.165) is 0 Å². The van der Waals surface area contributed by atoms with Crippen LogP contribution in [-0.4, -0.2) is 54.6 Å². The number of fused-ring (bicyclic) bond motifs is 1. The van der Waals surface area contributed by atoms with Gasteiger partial charge in [-0.3, -0.25) is 14.3 Å². The van der Waals surface area contributed by atoms with E-state index in [4.69, 9.17) is 15.4 Å². The summed E-state index contributed by atoms with van der Waals surface area (Å²) in [4.78, 5) is 27.1. The lowest BCUT2D eigenvalue weighted by atomic mass is 10.1. The van der Waals surface area contributed by atoms with Gasteiger partial charge in [-0.05, 0) is 0 Å². The number of H-pyrrole nitrogens is 1. The van der Waals surface area contributed by atoms with Crippen LogP contribution in [0.25, 0.3) is 11.2 Å². The number of aromatic nitrogens is 4. The standard InChI is InChI=1S/C11H14N5O7P/c1-15-3-16(8-5(15)9(19)14-11(12)13-8)10-7(18)6(17)4(23-10)2-22-24(20)21/h3-4,6-7,10,17-18H,2H2,1H3,(H2-2,12,13,14,19,20,21)/p+2/t4-,6?,7+,10-/m1/s1. The van der Waals surface area contributed by atoms with E-state index in [-0.39, 0.29) is 23.7 Å². The molecule has 0 radical (unpaired) electrons. The van der Waals surface area contributed by atoms with Gasteiger partial charge in [0.05, 0.1) is 7.05 Å². The first-order valence-electron chi connectivity index (χ1n) is 6.86. The quantitative estimate of drug-likeness (QED) is 0.289. The first kappa shape index (κ1) is 16.9. The average Bonchev–Trinajstić information content (AvgIpc) is 2.96. The highest BCUT2D eigenvalue weighted by Gasteiger charge is 2.48. The van der Waals surface area contributed by atoms with E-state index in [9.17, 15) is 19.6 Å². The molecule has 13 heteroatoms. The number of rotatable bonds is 4. The van der Waals surface area contributed by atoms with Crippen molar-refractivity contribution in [1.29, 1.82) is 0 Å². The van der Waals surface area contributed by atoms with Gasteiger partial charge in [0, 0.05) is 4.57 Å². The molecule has 0 amide bonds. The summed E-state index contributed by atoms with van der Waals surface area (Å²) >= 11 is 0. The van der Waals surface area contributed by atoms with Gasteiger partial charge in [-0.15, -0.1) is 9.42 Å². The number of nitrogens with one attached hydrogen (secondary N) is 1. The third-order valence-electron chi connectivity index (χ3n) is 3.75. The van der Waals surface area contributed by atoms with E-state index in [1.165, 1.54) is 15.5 Å². The van der Waals surface area contributed by atoms with Crippen LogP contribution in [0.2, 0.25) is 0 Å². The molecule has 24 heavy (non-hydrogen) atoms. The molecule has 3 heterocycles. The lowest BCUT2D eigenvalue weighted by Crippen LogP contribution is -2.46. The lowest BCUT2D eigenvalue weighted by Gasteiger charge is -2.11. The number of aliphatic hydroxyl groups excluding tert-OH is 2. The van der Waals surface area contributed by atoms with Gasteiger partial charge in [-0.25, -0.2) is 4.57 Å². The molecular weight excluding hydrogens is 345 g/mol. The summed E-state index contributed by atoms with van der Waals surface area (Å²) in [5.74, 6) is -0.113. The Hall–Kier alpha value is -1.95. The van der Waals surface area contributed by atoms with E-state index in [0.29, 0.717) is 0 Å². The number of nitrogens with zero attached hydrogens (tertiary/aromatic N) is 3. The second-order valence-electron chi connectivity index (χ2n) is 5.34. The summed E-state index contributed by atoms with van der Waals surface area (Å²) in [6.07, 6.45) is -3.37. The summed E-state index contributed by atoms with van der Waals surface area (Å²) in [7, 11) is -1.26. The van der Waals surface area contributed by atoms with Crippen molar-refractivity contribution in [2.24, 2.45) is 7.05 Å². The van der Waals surface area contributed by atoms with E-state index in [2.05, 4.69) is 14.5 Å². The molecule has 6 N–H and O–H groups in total. The van der Waals surface area contributed by atoms with Crippen LogP contribution in [0.4, 0.5) is 5.95 Å². The van der Waals surface area contributed by atoms with Gasteiger partial charge in [0.1, 0.15) is 24.9 Å². The molecule has 2 unspecified atom stereocenters. The fourth-order valence-electron chi connectivity index (χ4n) is 2.69. The Morgan fingerprint density at radius 3 is 2.92 bits per heavy atom. The van der Waals surface area contributed by atoms with Crippen molar-refractivity contribution in [1.82, 2.24) is 14.5 Å². The Labute approximate surface area is 135 Å². The number of aromatic amines is 1. The van der Waals surface area contributed by atoms with Gasteiger partial charge in [0.2, 0.25) is 11.7 Å². The number of hydrogen-bond acceptors (Lipinski definition) is 8. The molecule has 1 fully saturated rings. The van der Waals surface area contributed by atoms with Crippen molar-refractivity contribution in [2.75, 3.05) is 12.3 Å². The van der Waals surface area contributed by atoms with Crippen molar-refractivity contribution in [3.05, 3.63) is 16.7 Å². The molecule has 0 aliphatic carbocycles. The van der Waals surface area contributed by atoms with E-state index in [1.807, 2.05) is 0 Å². The van der Waals surface area contributed by atoms with Crippen LogP contribution in [0.15, 0.2) is 11.1 Å². The topological polar surface area (TPSA) is 177 Å². The van der Waals surface area contributed by atoms with Crippen molar-refractivity contribution in [3.63, 3.8) is 0 Å². The summed E-state index contributed by atoms with van der Waals surface area (Å²) in [5, 5.41) is 20.2. The van der Waals surface area contributed by atoms with Gasteiger partial charge in [0.15, 0.2) is 6.33 Å². The highest BCUT2D eigenvalue weighted by molar-refractivity contribution is 7.32. The van der Waals surface area contributed by atoms with Crippen LogP contribution in [0.5, 0.6) is 0 Å². The smallest absolute Gasteiger partial charge is 0.387 e. The molecule has 0 aromatic carbocycles. The number of hydrogen-bond donors (Lipinski definition) is 5. The lowest BCUT2D eigenvalue weighted by molar-refractivity contribution is -0.745. The maximum absolute atomic E-state index is 12.0. The number of nitrogen functional groups attached to an aromatic ring is 1. The van der Waals surface area contributed by atoms with Crippen molar-refractivity contribution >= 4 is 25.4 Å². The molecule has 0 bridgehead atoms. The van der Waals surface area contributed by atoms with Gasteiger partial charge >= 0.3 is 13.9 Å². The Kier molecular flexibility index (Phi) is 4.34. The SMILES string of the molecule is Cn1c[n+]([C@@H]2O[C@H](CO[P+](=O)O)C(O)[C@@H]2O)c2nc(N)[nH]c(=O)c21. The molecule has 1 aliphatic heterocycles. The first-order valence-corrected chi connectivity index (χ1v) is 7.99. The molecule has 1 saturated heterocycles. The molecule has 12 nitrogen and oxygen atoms in total. The van der Waals surface area contributed by atoms with E-state index in [1.54, 1.807) is 7.05 Å². The molecule has 5 atom stereocenters. The normalized spacial score (nSPS) is 27.8. The fraction of sp³-hybridized carbons (Fsp3) is 0.545. The van der Waals surface area contributed by atoms with Crippen LogP contribution in [0, 0.1) is 0 Å². The van der Waals surface area contributed by atoms with Crippen LogP contribution in [0.1, 0.15) is 6.23 Å². The van der Waals surface area contributed by atoms with Crippen molar-refractivity contribution in [2.45, 2.75) is 24.5 Å². The minimum atomic E-state index is -2.86. The Bertz CT molecular complexity index is 851. The molecule has 2 aromatic rings. The number of ether oxygens (including phenoxy) is 1. The molecule has 130 valence electrons. The van der Waals surface area contributed by atoms with Gasteiger partial charge in [0.25, 0.3) is 11.5 Å². The zero-order chi connectivity index (χ0) is 17.6. The highest BCUT2D eigenvalue weighted by Crippen LogP contribution is 2.28. The van der Waals surface area contributed by atoms with Crippen LogP contribution < -0.4 is 15.9 Å². The average molecular weight is 361 g/mol. The molecule has 0 saturated carbocycles. The summed E-state index contributed by atoms with van der Waals surface area (Å²) in [5.41, 5.74) is 5.44. The number of anilines is 1. The van der Waals surface area contributed by atoms with E-state index >= 15 is 0 Å². The number of aliphatic hydroxyl groups is 2. The van der Waals surface area contributed by atoms with E-state index < -0.39 is 38.4 Å². The van der Waals surface area contributed by atoms with Gasteiger partial charge in [-0.1, -0.05) is 4.98 Å². The fourth-order valence-corrected chi connectivity index (χ4v) is 2.96. The summed E-state index contributed by atoms with van der Waals surface area (Å²) in [6, 6.07) is 0. The number of aryl methyl sites for hydroxylation is 1. The second-order valence-corrected chi connectivity index (χ2v) is 6.07.